The van der Waals surface area contributed by atoms with Crippen molar-refractivity contribution in [3.8, 4) is 5.75 Å². The van der Waals surface area contributed by atoms with Crippen molar-refractivity contribution in [2.24, 2.45) is 0 Å². The highest BCUT2D eigenvalue weighted by molar-refractivity contribution is 7.83. The predicted molar refractivity (Wildman–Crippen MR) is 128 cm³/mol. The first kappa shape index (κ1) is 20.3. The minimum atomic E-state index is -1.33. The normalized spacial score (nSPS) is 17.7. The van der Waals surface area contributed by atoms with Gasteiger partial charge in [0.05, 0.1) is 12.6 Å². The number of para-hydroxylation sites is 1. The molecule has 0 amide bonds. The molecule has 1 aromatic heterocycles. The second-order valence-corrected chi connectivity index (χ2v) is 9.43. The summed E-state index contributed by atoms with van der Waals surface area (Å²) in [5.41, 5.74) is 3.77. The zero-order chi connectivity index (χ0) is 21.4. The van der Waals surface area contributed by atoms with E-state index in [4.69, 9.17) is 4.74 Å². The average Bonchev–Trinajstić information content (AvgIpc) is 3.18. The van der Waals surface area contributed by atoms with Crippen LogP contribution >= 0.6 is 0 Å². The van der Waals surface area contributed by atoms with Crippen LogP contribution < -0.4 is 4.74 Å². The summed E-state index contributed by atoms with van der Waals surface area (Å²) in [6.07, 6.45) is 2.88. The molecule has 2 unspecified atom stereocenters. The van der Waals surface area contributed by atoms with Gasteiger partial charge in [0.1, 0.15) is 21.6 Å². The fraction of sp³-hybridized carbons (Fsp3) is 0.308. The fourth-order valence-electron chi connectivity index (χ4n) is 4.85. The van der Waals surface area contributed by atoms with Crippen LogP contribution in [0.2, 0.25) is 0 Å². The monoisotopic (exact) mass is 432 g/mol. The highest BCUT2D eigenvalue weighted by atomic mass is 32.2. The Bertz CT molecular complexity index is 1260. The van der Waals surface area contributed by atoms with Crippen LogP contribution in [0.25, 0.3) is 21.7 Å². The smallest absolute Gasteiger partial charge is 0.137 e. The summed E-state index contributed by atoms with van der Waals surface area (Å²) in [6, 6.07) is 20.8. The maximum absolute atomic E-state index is 14.2. The van der Waals surface area contributed by atoms with E-state index in [0.717, 1.165) is 47.2 Å². The van der Waals surface area contributed by atoms with Gasteiger partial charge in [0.15, 0.2) is 0 Å². The third kappa shape index (κ3) is 3.46. The SMILES string of the molecule is CCCC1c2[nH]c3ccccc3c2CCN1S(=O)c1c(OCC)ccc2ccccc12. The first-order valence-electron chi connectivity index (χ1n) is 11.2. The molecule has 2 heterocycles. The van der Waals surface area contributed by atoms with Crippen LogP contribution in [0.15, 0.2) is 65.6 Å². The quantitative estimate of drug-likeness (QED) is 0.398. The van der Waals surface area contributed by atoms with Gasteiger partial charge >= 0.3 is 0 Å². The van der Waals surface area contributed by atoms with Crippen LogP contribution in [0, 0.1) is 0 Å². The predicted octanol–water partition coefficient (Wildman–Crippen LogP) is 6.14. The third-order valence-electron chi connectivity index (χ3n) is 6.20. The standard InChI is InChI=1S/C26H28N2O2S/c1-3-9-23-25-21(20-12-7-8-13-22(20)27-25)16-17-28(23)31(29)26-19-11-6-5-10-18(19)14-15-24(26)30-4-2/h5-8,10-15,23,27H,3-4,9,16-17H2,1-2H3. The Labute approximate surface area is 185 Å². The number of hydrogen-bond donors (Lipinski definition) is 1. The summed E-state index contributed by atoms with van der Waals surface area (Å²) in [6.45, 7) is 5.48. The maximum Gasteiger partial charge on any atom is 0.137 e. The number of aromatic amines is 1. The van der Waals surface area contributed by atoms with E-state index in [0.29, 0.717) is 6.61 Å². The molecular formula is C26H28N2O2S. The Kier molecular flexibility index (Phi) is 5.55. The van der Waals surface area contributed by atoms with E-state index in [2.05, 4.69) is 58.7 Å². The van der Waals surface area contributed by atoms with E-state index in [-0.39, 0.29) is 6.04 Å². The molecule has 0 spiro atoms. The van der Waals surface area contributed by atoms with Gasteiger partial charge in [0.2, 0.25) is 0 Å². The maximum atomic E-state index is 14.2. The van der Waals surface area contributed by atoms with Crippen LogP contribution in [0.1, 0.15) is 44.0 Å². The number of rotatable bonds is 6. The molecule has 5 rings (SSSR count). The molecule has 1 aliphatic rings. The lowest BCUT2D eigenvalue weighted by Crippen LogP contribution is -2.37. The van der Waals surface area contributed by atoms with Gasteiger partial charge in [0.25, 0.3) is 0 Å². The summed E-state index contributed by atoms with van der Waals surface area (Å²) in [5.74, 6) is 0.720. The second kappa shape index (κ2) is 8.48. The lowest BCUT2D eigenvalue weighted by Gasteiger charge is -2.35. The Balaban J connectivity index is 1.63. The number of fused-ring (bicyclic) bond motifs is 4. The zero-order valence-electron chi connectivity index (χ0n) is 18.1. The number of benzene rings is 3. The van der Waals surface area contributed by atoms with Gasteiger partial charge in [-0.05, 0) is 42.8 Å². The van der Waals surface area contributed by atoms with E-state index in [1.165, 1.54) is 22.2 Å². The molecular weight excluding hydrogens is 404 g/mol. The first-order chi connectivity index (χ1) is 15.2. The number of ether oxygens (including phenoxy) is 1. The van der Waals surface area contributed by atoms with Crippen LogP contribution in [-0.2, 0) is 17.4 Å². The minimum Gasteiger partial charge on any atom is -0.493 e. The molecule has 2 atom stereocenters. The molecule has 5 heteroatoms. The number of aromatic nitrogens is 1. The summed E-state index contributed by atoms with van der Waals surface area (Å²) >= 11 is 0. The van der Waals surface area contributed by atoms with E-state index in [1.54, 1.807) is 0 Å². The van der Waals surface area contributed by atoms with E-state index < -0.39 is 11.0 Å². The zero-order valence-corrected chi connectivity index (χ0v) is 18.9. The Morgan fingerprint density at radius 2 is 1.81 bits per heavy atom. The van der Waals surface area contributed by atoms with Crippen molar-refractivity contribution in [3.63, 3.8) is 0 Å². The van der Waals surface area contributed by atoms with Gasteiger partial charge < -0.3 is 9.72 Å². The third-order valence-corrected chi connectivity index (χ3v) is 7.84. The van der Waals surface area contributed by atoms with Crippen LogP contribution in [-0.4, -0.2) is 26.6 Å². The highest BCUT2D eigenvalue weighted by Crippen LogP contribution is 2.41. The van der Waals surface area contributed by atoms with Gasteiger partial charge in [-0.1, -0.05) is 61.9 Å². The number of nitrogens with one attached hydrogen (secondary N) is 1. The van der Waals surface area contributed by atoms with E-state index in [9.17, 15) is 4.21 Å². The lowest BCUT2D eigenvalue weighted by molar-refractivity contribution is 0.299. The van der Waals surface area contributed by atoms with Crippen molar-refractivity contribution in [2.75, 3.05) is 13.2 Å². The Hall–Kier alpha value is -2.63. The minimum absolute atomic E-state index is 0.0930. The summed E-state index contributed by atoms with van der Waals surface area (Å²) in [7, 11) is -1.33. The van der Waals surface area contributed by atoms with Crippen LogP contribution in [0.3, 0.4) is 0 Å². The molecule has 0 radical (unpaired) electrons. The number of H-pyrrole nitrogens is 1. The van der Waals surface area contributed by atoms with Crippen molar-refractivity contribution in [2.45, 2.75) is 44.0 Å². The Morgan fingerprint density at radius 3 is 2.61 bits per heavy atom. The molecule has 3 aromatic carbocycles. The molecule has 1 N–H and O–H groups in total. The molecule has 0 aliphatic carbocycles. The van der Waals surface area contributed by atoms with Crippen molar-refractivity contribution in [1.29, 1.82) is 0 Å². The second-order valence-electron chi connectivity index (χ2n) is 8.05. The summed E-state index contributed by atoms with van der Waals surface area (Å²) in [5, 5.41) is 3.39. The van der Waals surface area contributed by atoms with Crippen molar-refractivity contribution in [3.05, 3.63) is 71.9 Å². The van der Waals surface area contributed by atoms with Crippen LogP contribution in [0.5, 0.6) is 5.75 Å². The molecule has 1 aliphatic heterocycles. The average molecular weight is 433 g/mol. The summed E-state index contributed by atoms with van der Waals surface area (Å²) in [4.78, 5) is 4.45. The molecule has 160 valence electrons. The van der Waals surface area contributed by atoms with Gasteiger partial charge in [-0.2, -0.15) is 0 Å². The molecule has 0 bridgehead atoms. The molecule has 0 saturated carbocycles. The lowest BCUT2D eigenvalue weighted by atomic mass is 9.96. The molecule has 0 fully saturated rings. The van der Waals surface area contributed by atoms with Crippen LogP contribution in [0.4, 0.5) is 0 Å². The first-order valence-corrected chi connectivity index (χ1v) is 12.3. The summed E-state index contributed by atoms with van der Waals surface area (Å²) < 4.78 is 22.3. The van der Waals surface area contributed by atoms with Crippen molar-refractivity contribution in [1.82, 2.24) is 9.29 Å². The number of nitrogens with zero attached hydrogens (tertiary/aromatic N) is 1. The Morgan fingerprint density at radius 1 is 1.03 bits per heavy atom. The van der Waals surface area contributed by atoms with Gasteiger partial charge in [-0.3, -0.25) is 0 Å². The number of hydrogen-bond acceptors (Lipinski definition) is 2. The topological polar surface area (TPSA) is 45.3 Å². The fourth-order valence-corrected chi connectivity index (χ4v) is 6.45. The molecule has 0 saturated heterocycles. The van der Waals surface area contributed by atoms with Gasteiger partial charge in [0, 0.05) is 28.5 Å². The molecule has 4 aromatic rings. The van der Waals surface area contributed by atoms with Crippen molar-refractivity contribution < 1.29 is 8.95 Å². The van der Waals surface area contributed by atoms with Crippen molar-refractivity contribution >= 4 is 32.7 Å². The molecule has 4 nitrogen and oxygen atoms in total. The van der Waals surface area contributed by atoms with Gasteiger partial charge in [-0.25, -0.2) is 8.51 Å². The van der Waals surface area contributed by atoms with Gasteiger partial charge in [-0.15, -0.1) is 0 Å². The largest absolute Gasteiger partial charge is 0.493 e. The van der Waals surface area contributed by atoms with E-state index >= 15 is 0 Å². The highest BCUT2D eigenvalue weighted by Gasteiger charge is 2.35. The molecule has 31 heavy (non-hydrogen) atoms. The van der Waals surface area contributed by atoms with E-state index in [1.807, 2.05) is 25.1 Å².